The topological polar surface area (TPSA) is 48.4 Å². The fraction of sp³-hybridized carbons (Fsp3) is 0.400. The Bertz CT molecular complexity index is 506. The van der Waals surface area contributed by atoms with Crippen molar-refractivity contribution in [1.82, 2.24) is 4.98 Å². The number of aromatic nitrogens is 1. The lowest BCUT2D eigenvalue weighted by atomic mass is 10.1. The number of carbonyl (C=O) groups excluding carboxylic acids is 1. The van der Waals surface area contributed by atoms with E-state index in [1.807, 2.05) is 0 Å². The van der Waals surface area contributed by atoms with Gasteiger partial charge in [0.1, 0.15) is 9.45 Å². The first kappa shape index (κ1) is 16.9. The Morgan fingerprint density at radius 1 is 1.45 bits per heavy atom. The number of pyridine rings is 1. The van der Waals surface area contributed by atoms with E-state index in [-0.39, 0.29) is 3.70 Å². The third-order valence-electron chi connectivity index (χ3n) is 2.09. The highest BCUT2D eigenvalue weighted by Gasteiger charge is 2.36. The van der Waals surface area contributed by atoms with Gasteiger partial charge in [-0.15, -0.1) is 13.2 Å². The lowest BCUT2D eigenvalue weighted by Crippen LogP contribution is -2.21. The molecule has 1 heterocycles. The van der Waals surface area contributed by atoms with E-state index in [1.165, 1.54) is 22.6 Å². The summed E-state index contributed by atoms with van der Waals surface area (Å²) in [5, 5.41) is 0. The fourth-order valence-corrected chi connectivity index (χ4v) is 1.93. The molecule has 20 heavy (non-hydrogen) atoms. The maximum Gasteiger partial charge on any atom is 0.573 e. The Morgan fingerprint density at radius 3 is 2.50 bits per heavy atom. The van der Waals surface area contributed by atoms with Crippen molar-refractivity contribution >= 4 is 28.6 Å². The molecular weight excluding hydrogens is 404 g/mol. The number of ether oxygens (including phenoxy) is 2. The highest BCUT2D eigenvalue weighted by atomic mass is 127. The predicted molar refractivity (Wildman–Crippen MR) is 64.3 cm³/mol. The number of halogens is 6. The molecule has 112 valence electrons. The fourth-order valence-electron chi connectivity index (χ4n) is 1.31. The number of nitrogens with zero attached hydrogens (tertiary/aromatic N) is 1. The van der Waals surface area contributed by atoms with Crippen LogP contribution in [0.25, 0.3) is 0 Å². The number of hydrogen-bond acceptors (Lipinski definition) is 4. The zero-order chi connectivity index (χ0) is 15.5. The monoisotopic (exact) mass is 411 g/mol. The first-order valence-corrected chi connectivity index (χ1v) is 6.01. The number of hydrogen-bond donors (Lipinski definition) is 0. The quantitative estimate of drug-likeness (QED) is 0.331. The van der Waals surface area contributed by atoms with Crippen molar-refractivity contribution in [2.75, 3.05) is 7.11 Å². The van der Waals surface area contributed by atoms with Crippen LogP contribution in [0.4, 0.5) is 22.0 Å². The molecular formula is C10H7F5INO3. The molecule has 0 radical (unpaired) electrons. The molecule has 0 aliphatic rings. The van der Waals surface area contributed by atoms with E-state index < -0.39 is 42.1 Å². The Labute approximate surface area is 123 Å². The Morgan fingerprint density at radius 2 is 2.05 bits per heavy atom. The predicted octanol–water partition coefficient (Wildman–Crippen LogP) is 3.24. The molecule has 4 nitrogen and oxygen atoms in total. The molecule has 0 fully saturated rings. The Hall–Kier alpha value is -1.20. The van der Waals surface area contributed by atoms with Crippen molar-refractivity contribution in [3.63, 3.8) is 0 Å². The summed E-state index contributed by atoms with van der Waals surface area (Å²) in [6, 6.07) is 0. The molecule has 1 aromatic heterocycles. The summed E-state index contributed by atoms with van der Waals surface area (Å²) in [5.74, 6) is -2.02. The number of alkyl halides is 5. The second kappa shape index (κ2) is 6.50. The van der Waals surface area contributed by atoms with Crippen LogP contribution in [-0.2, 0) is 16.0 Å². The van der Waals surface area contributed by atoms with Crippen molar-refractivity contribution < 1.29 is 36.2 Å². The molecule has 1 aromatic rings. The number of esters is 1. The number of carbonyl (C=O) groups is 1. The zero-order valence-electron chi connectivity index (χ0n) is 9.80. The maximum atomic E-state index is 12.9. The molecule has 0 unspecified atom stereocenters. The summed E-state index contributed by atoms with van der Waals surface area (Å²) in [7, 11) is 1.01. The molecule has 0 amide bonds. The van der Waals surface area contributed by atoms with Crippen LogP contribution in [0, 0.1) is 3.70 Å². The molecule has 0 aliphatic carbocycles. The third-order valence-corrected chi connectivity index (χ3v) is 2.95. The third kappa shape index (κ3) is 4.42. The first-order valence-electron chi connectivity index (χ1n) is 4.93. The molecule has 0 aromatic carbocycles. The largest absolute Gasteiger partial charge is 0.573 e. The van der Waals surface area contributed by atoms with Gasteiger partial charge in [-0.2, -0.15) is 0 Å². The van der Waals surface area contributed by atoms with Gasteiger partial charge in [-0.25, -0.2) is 13.8 Å². The highest BCUT2D eigenvalue weighted by Crippen LogP contribution is 2.38. The van der Waals surface area contributed by atoms with E-state index in [0.717, 1.165) is 13.3 Å². The van der Waals surface area contributed by atoms with E-state index in [0.29, 0.717) is 0 Å². The van der Waals surface area contributed by atoms with E-state index in [1.54, 1.807) is 0 Å². The Kier molecular flexibility index (Phi) is 5.48. The van der Waals surface area contributed by atoms with Gasteiger partial charge in [0.05, 0.1) is 19.1 Å². The highest BCUT2D eigenvalue weighted by molar-refractivity contribution is 14.1. The van der Waals surface area contributed by atoms with Gasteiger partial charge in [-0.05, 0) is 22.6 Å². The van der Waals surface area contributed by atoms with E-state index in [4.69, 9.17) is 0 Å². The van der Waals surface area contributed by atoms with Gasteiger partial charge in [0, 0.05) is 11.8 Å². The van der Waals surface area contributed by atoms with Gasteiger partial charge in [0.2, 0.25) is 0 Å². The van der Waals surface area contributed by atoms with Crippen LogP contribution < -0.4 is 4.74 Å². The second-order valence-electron chi connectivity index (χ2n) is 3.42. The summed E-state index contributed by atoms with van der Waals surface area (Å²) in [6.07, 6.45) is -8.19. The van der Waals surface area contributed by atoms with E-state index in [9.17, 15) is 26.7 Å². The molecule has 10 heteroatoms. The molecule has 0 saturated heterocycles. The molecule has 0 N–H and O–H groups in total. The first-order chi connectivity index (χ1) is 9.15. The lowest BCUT2D eigenvalue weighted by Gasteiger charge is -2.17. The molecule has 0 saturated carbocycles. The van der Waals surface area contributed by atoms with E-state index >= 15 is 0 Å². The van der Waals surface area contributed by atoms with Gasteiger partial charge in [-0.1, -0.05) is 0 Å². The number of methoxy groups -OCH3 is 1. The average molecular weight is 411 g/mol. The molecule has 0 bridgehead atoms. The van der Waals surface area contributed by atoms with Crippen LogP contribution in [0.5, 0.6) is 5.75 Å². The average Bonchev–Trinajstić information content (AvgIpc) is 2.30. The van der Waals surface area contributed by atoms with E-state index in [2.05, 4.69) is 14.5 Å². The SMILES string of the molecule is COC(=O)Cc1cnc(I)c(C(F)F)c1OC(F)(F)F. The lowest BCUT2D eigenvalue weighted by molar-refractivity contribution is -0.275. The Balaban J connectivity index is 3.36. The van der Waals surface area contributed by atoms with Crippen LogP contribution >= 0.6 is 22.6 Å². The van der Waals surface area contributed by atoms with Crippen LogP contribution in [-0.4, -0.2) is 24.4 Å². The molecule has 0 spiro atoms. The van der Waals surface area contributed by atoms with Crippen LogP contribution in [0.15, 0.2) is 6.20 Å². The minimum atomic E-state index is -5.17. The standard InChI is InChI=1S/C10H7F5INO3/c1-19-5(18)2-4-3-17-9(16)6(8(11)12)7(4)20-10(13,14)15/h3,8H,2H2,1H3. The second-order valence-corrected chi connectivity index (χ2v) is 4.44. The van der Waals surface area contributed by atoms with Crippen molar-refractivity contribution in [1.29, 1.82) is 0 Å². The van der Waals surface area contributed by atoms with Crippen molar-refractivity contribution in [2.24, 2.45) is 0 Å². The number of rotatable bonds is 4. The smallest absolute Gasteiger partial charge is 0.469 e. The van der Waals surface area contributed by atoms with Gasteiger partial charge in [0.15, 0.2) is 0 Å². The summed E-state index contributed by atoms with van der Waals surface area (Å²) in [6.45, 7) is 0. The molecule has 1 rings (SSSR count). The molecule has 0 aliphatic heterocycles. The van der Waals surface area contributed by atoms with Gasteiger partial charge < -0.3 is 9.47 Å². The van der Waals surface area contributed by atoms with Crippen LogP contribution in [0.1, 0.15) is 17.6 Å². The van der Waals surface area contributed by atoms with Crippen molar-refractivity contribution in [3.8, 4) is 5.75 Å². The van der Waals surface area contributed by atoms with Gasteiger partial charge in [-0.3, -0.25) is 4.79 Å². The zero-order valence-corrected chi connectivity index (χ0v) is 12.0. The summed E-state index contributed by atoms with van der Waals surface area (Å²) < 4.78 is 70.2. The van der Waals surface area contributed by atoms with Crippen LogP contribution in [0.2, 0.25) is 0 Å². The minimum absolute atomic E-state index is 0.342. The normalized spacial score (nSPS) is 11.6. The maximum absolute atomic E-state index is 12.9. The summed E-state index contributed by atoms with van der Waals surface area (Å²) in [5.41, 5.74) is -1.44. The molecule has 0 atom stereocenters. The summed E-state index contributed by atoms with van der Waals surface area (Å²) in [4.78, 5) is 14.6. The van der Waals surface area contributed by atoms with Crippen molar-refractivity contribution in [2.45, 2.75) is 19.2 Å². The van der Waals surface area contributed by atoms with Crippen molar-refractivity contribution in [3.05, 3.63) is 21.0 Å². The summed E-state index contributed by atoms with van der Waals surface area (Å²) >= 11 is 1.36. The minimum Gasteiger partial charge on any atom is -0.469 e. The van der Waals surface area contributed by atoms with Gasteiger partial charge >= 0.3 is 12.3 Å². The van der Waals surface area contributed by atoms with Gasteiger partial charge in [0.25, 0.3) is 6.43 Å². The van der Waals surface area contributed by atoms with Crippen LogP contribution in [0.3, 0.4) is 0 Å².